The summed E-state index contributed by atoms with van der Waals surface area (Å²) in [5.74, 6) is -4.59. The first-order valence-corrected chi connectivity index (χ1v) is 12.8. The Kier molecular flexibility index (Phi) is 16.0. The van der Waals surface area contributed by atoms with Gasteiger partial charge in [0, 0.05) is 19.4 Å². The quantitative estimate of drug-likeness (QED) is 0.0458. The van der Waals surface area contributed by atoms with E-state index in [0.717, 1.165) is 0 Å². The number of benzene rings is 1. The number of urea groups is 1. The van der Waals surface area contributed by atoms with Crippen LogP contribution in [0.25, 0.3) is 0 Å². The Balaban J connectivity index is 2.38. The number of amides is 4. The van der Waals surface area contributed by atoms with Crippen LogP contribution >= 0.6 is 0 Å². The van der Waals surface area contributed by atoms with E-state index in [2.05, 4.69) is 16.0 Å². The number of carboxylic acids is 3. The van der Waals surface area contributed by atoms with Crippen molar-refractivity contribution < 1.29 is 58.4 Å². The number of carbonyl (C=O) groups excluding carboxylic acids is 4. The number of ether oxygens (including phenoxy) is 2. The second-order valence-corrected chi connectivity index (χ2v) is 8.81. The van der Waals surface area contributed by atoms with Gasteiger partial charge in [-0.15, -0.1) is 0 Å². The van der Waals surface area contributed by atoms with E-state index in [-0.39, 0.29) is 45.4 Å². The van der Waals surface area contributed by atoms with Crippen LogP contribution in [0.4, 0.5) is 4.79 Å². The predicted octanol–water partition coefficient (Wildman–Crippen LogP) is -1.46. The molecule has 17 nitrogen and oxygen atoms in total. The highest BCUT2D eigenvalue weighted by molar-refractivity contribution is 5.86. The van der Waals surface area contributed by atoms with Gasteiger partial charge in [0.05, 0.1) is 6.54 Å². The first kappa shape index (κ1) is 35.1. The van der Waals surface area contributed by atoms with Crippen molar-refractivity contribution in [3.8, 4) is 5.75 Å². The maximum Gasteiger partial charge on any atom is 0.326 e. The van der Waals surface area contributed by atoms with Crippen molar-refractivity contribution in [2.75, 3.05) is 19.7 Å². The highest BCUT2D eigenvalue weighted by Crippen LogP contribution is 2.14. The lowest BCUT2D eigenvalue weighted by Crippen LogP contribution is -2.51. The van der Waals surface area contributed by atoms with Crippen molar-refractivity contribution >= 4 is 42.2 Å². The number of rotatable bonds is 21. The van der Waals surface area contributed by atoms with Gasteiger partial charge < -0.3 is 51.8 Å². The third kappa shape index (κ3) is 15.0. The Morgan fingerprint density at radius 1 is 0.857 bits per heavy atom. The molecule has 3 atom stereocenters. The zero-order valence-corrected chi connectivity index (χ0v) is 22.6. The van der Waals surface area contributed by atoms with Crippen LogP contribution in [0.1, 0.15) is 37.7 Å². The Bertz CT molecular complexity index is 1080. The van der Waals surface area contributed by atoms with Crippen LogP contribution < -0.4 is 31.7 Å². The molecule has 0 saturated heterocycles. The van der Waals surface area contributed by atoms with Gasteiger partial charge in [0.1, 0.15) is 17.8 Å². The number of carbonyl (C=O) groups is 7. The molecule has 1 rings (SSSR count). The number of nitrogens with two attached hydrogens (primary N) is 1. The Hall–Kier alpha value is -4.93. The summed E-state index contributed by atoms with van der Waals surface area (Å²) in [5.41, 5.74) is 5.95. The standard InChI is InChI=1S/C25H35N5O12/c26-12-19(32)30-21(42-14-31)11-15-4-6-16(7-5-15)41-13-20(33)27-10-2-1-3-17(23(36)37)28-25(40)29-18(24(38)39)8-9-22(34)35/h4-7,14,17-18,21H,1-3,8-13,26H2,(H,27,33)(H,30,32)(H,34,35)(H,36,37)(H,38,39)(H2,28,29,40)/t17-,18-,21+/m0/s1. The van der Waals surface area contributed by atoms with Gasteiger partial charge in [-0.05, 0) is 43.4 Å². The van der Waals surface area contributed by atoms with E-state index in [9.17, 15) is 38.7 Å². The highest BCUT2D eigenvalue weighted by Gasteiger charge is 2.24. The Labute approximate surface area is 240 Å². The van der Waals surface area contributed by atoms with Crippen molar-refractivity contribution in [1.82, 2.24) is 21.3 Å². The molecule has 0 bridgehead atoms. The summed E-state index contributed by atoms with van der Waals surface area (Å²) < 4.78 is 10.2. The van der Waals surface area contributed by atoms with E-state index in [1.165, 1.54) is 0 Å². The molecule has 9 N–H and O–H groups in total. The van der Waals surface area contributed by atoms with Crippen molar-refractivity contribution in [3.63, 3.8) is 0 Å². The molecule has 0 spiro atoms. The van der Waals surface area contributed by atoms with E-state index in [0.29, 0.717) is 24.2 Å². The monoisotopic (exact) mass is 597 g/mol. The minimum absolute atomic E-state index is 0.0109. The second kappa shape index (κ2) is 19.2. The summed E-state index contributed by atoms with van der Waals surface area (Å²) in [4.78, 5) is 79.4. The smallest absolute Gasteiger partial charge is 0.326 e. The fourth-order valence-corrected chi connectivity index (χ4v) is 3.42. The van der Waals surface area contributed by atoms with Crippen LogP contribution in [0.2, 0.25) is 0 Å². The third-order valence-electron chi connectivity index (χ3n) is 5.54. The fraction of sp³-hybridized carbons (Fsp3) is 0.480. The lowest BCUT2D eigenvalue weighted by molar-refractivity contribution is -0.141. The van der Waals surface area contributed by atoms with Crippen LogP contribution in [-0.2, 0) is 39.9 Å². The summed E-state index contributed by atoms with van der Waals surface area (Å²) >= 11 is 0. The Morgan fingerprint density at radius 3 is 2.02 bits per heavy atom. The molecule has 1 aromatic carbocycles. The predicted molar refractivity (Wildman–Crippen MR) is 142 cm³/mol. The molecule has 0 aromatic heterocycles. The number of nitrogens with one attached hydrogen (secondary N) is 4. The largest absolute Gasteiger partial charge is 0.484 e. The number of carboxylic acid groups (broad SMARTS) is 3. The van der Waals surface area contributed by atoms with Gasteiger partial charge in [-0.25, -0.2) is 14.4 Å². The number of hydrogen-bond acceptors (Lipinski definition) is 10. The highest BCUT2D eigenvalue weighted by atomic mass is 16.5. The molecule has 0 aliphatic carbocycles. The van der Waals surface area contributed by atoms with E-state index in [1.54, 1.807) is 24.3 Å². The number of hydrogen-bond donors (Lipinski definition) is 8. The van der Waals surface area contributed by atoms with Gasteiger partial charge in [-0.2, -0.15) is 0 Å². The minimum Gasteiger partial charge on any atom is -0.484 e. The molecular formula is C25H35N5O12. The first-order valence-electron chi connectivity index (χ1n) is 12.8. The molecule has 4 amide bonds. The van der Waals surface area contributed by atoms with Crippen molar-refractivity contribution in [3.05, 3.63) is 29.8 Å². The third-order valence-corrected chi connectivity index (χ3v) is 5.54. The van der Waals surface area contributed by atoms with Gasteiger partial charge in [-0.3, -0.25) is 19.2 Å². The molecule has 232 valence electrons. The van der Waals surface area contributed by atoms with Crippen LogP contribution in [-0.4, -0.2) is 95.6 Å². The molecule has 1 aromatic rings. The van der Waals surface area contributed by atoms with Gasteiger partial charge in [-0.1, -0.05) is 12.1 Å². The molecule has 0 aliphatic heterocycles. The summed E-state index contributed by atoms with van der Waals surface area (Å²) in [6, 6.07) is 2.60. The molecular weight excluding hydrogens is 562 g/mol. The van der Waals surface area contributed by atoms with E-state index in [4.69, 9.17) is 25.4 Å². The van der Waals surface area contributed by atoms with Gasteiger partial charge in [0.2, 0.25) is 5.91 Å². The SMILES string of the molecule is NCC(=O)N[C@@H](Cc1ccc(OCC(=O)NCCCC[C@H](NC(=O)N[C@@H](CCC(=O)O)C(=O)O)C(=O)O)cc1)OC=O. The Morgan fingerprint density at radius 2 is 1.48 bits per heavy atom. The van der Waals surface area contributed by atoms with Gasteiger partial charge >= 0.3 is 23.9 Å². The van der Waals surface area contributed by atoms with Crippen LogP contribution in [0.15, 0.2) is 24.3 Å². The average molecular weight is 598 g/mol. The van der Waals surface area contributed by atoms with Crippen molar-refractivity contribution in [1.29, 1.82) is 0 Å². The van der Waals surface area contributed by atoms with Gasteiger partial charge in [0.15, 0.2) is 12.8 Å². The lowest BCUT2D eigenvalue weighted by atomic mass is 10.1. The molecule has 17 heteroatoms. The summed E-state index contributed by atoms with van der Waals surface area (Å²) in [7, 11) is 0. The van der Waals surface area contributed by atoms with Crippen molar-refractivity contribution in [2.24, 2.45) is 5.73 Å². The molecule has 0 saturated carbocycles. The number of aliphatic carboxylic acids is 3. The summed E-state index contributed by atoms with van der Waals surface area (Å²) in [6.07, 6.45) is -0.933. The number of unbranched alkanes of at least 4 members (excludes halogenated alkanes) is 1. The normalized spacial score (nSPS) is 12.5. The molecule has 0 fully saturated rings. The van der Waals surface area contributed by atoms with Crippen LogP contribution in [0.5, 0.6) is 5.75 Å². The minimum atomic E-state index is -1.50. The fourth-order valence-electron chi connectivity index (χ4n) is 3.42. The van der Waals surface area contributed by atoms with Crippen LogP contribution in [0, 0.1) is 0 Å². The molecule has 0 radical (unpaired) electrons. The topological polar surface area (TPSA) is 273 Å². The first-order chi connectivity index (χ1) is 19.9. The van der Waals surface area contributed by atoms with E-state index in [1.807, 2.05) is 5.32 Å². The summed E-state index contributed by atoms with van der Waals surface area (Å²) in [6.45, 7) is -0.149. The van der Waals surface area contributed by atoms with E-state index >= 15 is 0 Å². The zero-order chi connectivity index (χ0) is 31.5. The lowest BCUT2D eigenvalue weighted by Gasteiger charge is -2.18. The van der Waals surface area contributed by atoms with Crippen molar-refractivity contribution in [2.45, 2.75) is 56.8 Å². The maximum absolute atomic E-state index is 12.1. The molecule has 0 aliphatic rings. The second-order valence-electron chi connectivity index (χ2n) is 8.81. The molecule has 0 heterocycles. The maximum atomic E-state index is 12.1. The van der Waals surface area contributed by atoms with Gasteiger partial charge in [0.25, 0.3) is 12.4 Å². The van der Waals surface area contributed by atoms with E-state index < -0.39 is 60.5 Å². The summed E-state index contributed by atoms with van der Waals surface area (Å²) in [5, 5.41) is 36.3. The molecule has 0 unspecified atom stereocenters. The average Bonchev–Trinajstić information content (AvgIpc) is 2.93. The zero-order valence-electron chi connectivity index (χ0n) is 22.6. The van der Waals surface area contributed by atoms with Crippen LogP contribution in [0.3, 0.4) is 0 Å². The molecule has 42 heavy (non-hydrogen) atoms.